The van der Waals surface area contributed by atoms with Crippen LogP contribution in [0, 0.1) is 0 Å². The third-order valence-electron chi connectivity index (χ3n) is 8.12. The summed E-state index contributed by atoms with van der Waals surface area (Å²) in [5.41, 5.74) is 3.15. The molecule has 3 N–H and O–H groups in total. The molecular formula is C35H41N5O6. The van der Waals surface area contributed by atoms with E-state index in [2.05, 4.69) is 20.9 Å². The van der Waals surface area contributed by atoms with Crippen LogP contribution in [-0.2, 0) is 38.6 Å². The second-order valence-corrected chi connectivity index (χ2v) is 11.6. The van der Waals surface area contributed by atoms with Crippen molar-refractivity contribution in [3.63, 3.8) is 0 Å². The number of ether oxygens (including phenoxy) is 2. The summed E-state index contributed by atoms with van der Waals surface area (Å²) >= 11 is 0. The van der Waals surface area contributed by atoms with Gasteiger partial charge in [-0.3, -0.25) is 24.1 Å². The van der Waals surface area contributed by atoms with Gasteiger partial charge in [-0.05, 0) is 28.8 Å². The van der Waals surface area contributed by atoms with Gasteiger partial charge in [-0.2, -0.15) is 0 Å². The lowest BCUT2D eigenvalue weighted by atomic mass is 10.0. The molecule has 11 nitrogen and oxygen atoms in total. The van der Waals surface area contributed by atoms with Crippen LogP contribution in [0.25, 0.3) is 0 Å². The van der Waals surface area contributed by atoms with Crippen molar-refractivity contribution in [2.24, 2.45) is 0 Å². The van der Waals surface area contributed by atoms with Crippen molar-refractivity contribution < 1.29 is 28.7 Å². The number of carbonyl (C=O) groups excluding carboxylic acids is 4. The van der Waals surface area contributed by atoms with Gasteiger partial charge >= 0.3 is 0 Å². The molecule has 0 spiro atoms. The first-order valence-electron chi connectivity index (χ1n) is 15.6. The van der Waals surface area contributed by atoms with Gasteiger partial charge in [0.1, 0.15) is 24.4 Å². The molecule has 2 heterocycles. The SMILES string of the molecule is CN1CCOc2ccccc2C(=O)N[C@H](C(=O)NCc2ccc(CN3CCOCC3)cc2)CC(=O)N[C@@H](Cc2ccccc2)C1=O. The van der Waals surface area contributed by atoms with Crippen molar-refractivity contribution in [1.82, 2.24) is 25.8 Å². The van der Waals surface area contributed by atoms with Gasteiger partial charge in [0, 0.05) is 39.6 Å². The third-order valence-corrected chi connectivity index (χ3v) is 8.12. The molecule has 2 atom stereocenters. The lowest BCUT2D eigenvalue weighted by Crippen LogP contribution is -2.53. The Morgan fingerprint density at radius 3 is 2.28 bits per heavy atom. The summed E-state index contributed by atoms with van der Waals surface area (Å²) in [6.07, 6.45) is -0.0917. The number of likely N-dealkylation sites (N-methyl/N-ethyl adjacent to an activating group) is 1. The Kier molecular flexibility index (Phi) is 11.4. The molecule has 46 heavy (non-hydrogen) atoms. The minimum atomic E-state index is -1.20. The number of carbonyl (C=O) groups is 4. The maximum atomic E-state index is 13.5. The van der Waals surface area contributed by atoms with Crippen molar-refractivity contribution in [2.45, 2.75) is 38.0 Å². The number of morpholine rings is 1. The van der Waals surface area contributed by atoms with E-state index < -0.39 is 29.8 Å². The highest BCUT2D eigenvalue weighted by molar-refractivity contribution is 6.01. The number of benzene rings is 3. The van der Waals surface area contributed by atoms with E-state index in [-0.39, 0.29) is 44.0 Å². The highest BCUT2D eigenvalue weighted by atomic mass is 16.5. The normalized spacial score (nSPS) is 20.0. The van der Waals surface area contributed by atoms with E-state index in [9.17, 15) is 19.2 Å². The molecule has 0 aromatic heterocycles. The minimum Gasteiger partial charge on any atom is -0.491 e. The van der Waals surface area contributed by atoms with Crippen molar-refractivity contribution in [2.75, 3.05) is 46.5 Å². The van der Waals surface area contributed by atoms with Gasteiger partial charge in [0.25, 0.3) is 5.91 Å². The average Bonchev–Trinajstić information content (AvgIpc) is 3.07. The van der Waals surface area contributed by atoms with E-state index in [0.29, 0.717) is 5.75 Å². The van der Waals surface area contributed by atoms with Crippen LogP contribution in [0.1, 0.15) is 33.5 Å². The van der Waals surface area contributed by atoms with Crippen LogP contribution in [0.2, 0.25) is 0 Å². The van der Waals surface area contributed by atoms with Gasteiger partial charge < -0.3 is 30.3 Å². The second-order valence-electron chi connectivity index (χ2n) is 11.6. The van der Waals surface area contributed by atoms with Crippen molar-refractivity contribution >= 4 is 23.6 Å². The number of amides is 4. The summed E-state index contributed by atoms with van der Waals surface area (Å²) in [6.45, 7) is 4.68. The first-order chi connectivity index (χ1) is 22.4. The summed E-state index contributed by atoms with van der Waals surface area (Å²) in [5.74, 6) is -1.56. The first-order valence-corrected chi connectivity index (χ1v) is 15.6. The predicted molar refractivity (Wildman–Crippen MR) is 172 cm³/mol. The molecule has 2 aliphatic heterocycles. The molecule has 2 aliphatic rings. The van der Waals surface area contributed by atoms with Gasteiger partial charge in [-0.15, -0.1) is 0 Å². The van der Waals surface area contributed by atoms with E-state index >= 15 is 0 Å². The average molecular weight is 628 g/mol. The maximum absolute atomic E-state index is 13.5. The topological polar surface area (TPSA) is 129 Å². The van der Waals surface area contributed by atoms with Crippen LogP contribution < -0.4 is 20.7 Å². The van der Waals surface area contributed by atoms with Gasteiger partial charge in [0.15, 0.2) is 0 Å². The summed E-state index contributed by atoms with van der Waals surface area (Å²) in [5, 5.41) is 8.42. The zero-order valence-electron chi connectivity index (χ0n) is 26.1. The minimum absolute atomic E-state index is 0.133. The Bertz CT molecular complexity index is 1490. The molecule has 1 saturated heterocycles. The fourth-order valence-corrected chi connectivity index (χ4v) is 5.48. The van der Waals surface area contributed by atoms with E-state index in [0.717, 1.165) is 49.5 Å². The lowest BCUT2D eigenvalue weighted by Gasteiger charge is -2.27. The van der Waals surface area contributed by atoms with E-state index in [1.165, 1.54) is 4.90 Å². The molecule has 0 aliphatic carbocycles. The molecule has 3 aromatic rings. The maximum Gasteiger partial charge on any atom is 0.255 e. The predicted octanol–water partition coefficient (Wildman–Crippen LogP) is 1.90. The molecule has 0 radical (unpaired) electrons. The number of fused-ring (bicyclic) bond motifs is 1. The van der Waals surface area contributed by atoms with E-state index in [1.807, 2.05) is 54.6 Å². The first kappa shape index (κ1) is 32.6. The summed E-state index contributed by atoms with van der Waals surface area (Å²) in [6, 6.07) is 22.0. The molecule has 5 rings (SSSR count). The van der Waals surface area contributed by atoms with Crippen LogP contribution >= 0.6 is 0 Å². The summed E-state index contributed by atoms with van der Waals surface area (Å²) in [7, 11) is 1.64. The Balaban J connectivity index is 1.31. The Morgan fingerprint density at radius 2 is 1.52 bits per heavy atom. The standard InChI is InChI=1S/C35H41N5O6/c1-39-15-20-46-31-10-6-5-9-28(31)33(42)38-29(22-32(41)37-30(35(39)44)21-25-7-3-2-4-8-25)34(43)36-23-26-11-13-27(14-12-26)24-40-16-18-45-19-17-40/h2-14,29-30H,15-24H2,1H3,(H,36,43)(H,37,41)(H,38,42)/t29-,30-/m0/s1. The third kappa shape index (κ3) is 9.15. The summed E-state index contributed by atoms with van der Waals surface area (Å²) in [4.78, 5) is 57.6. The molecule has 242 valence electrons. The van der Waals surface area contributed by atoms with E-state index in [1.54, 1.807) is 31.3 Å². The van der Waals surface area contributed by atoms with Crippen molar-refractivity contribution in [3.05, 3.63) is 101 Å². The second kappa shape index (κ2) is 16.0. The summed E-state index contributed by atoms with van der Waals surface area (Å²) < 4.78 is 11.3. The molecule has 0 saturated carbocycles. The molecule has 3 aromatic carbocycles. The molecule has 4 amide bonds. The van der Waals surface area contributed by atoms with E-state index in [4.69, 9.17) is 9.47 Å². The van der Waals surface area contributed by atoms with Crippen LogP contribution in [0.5, 0.6) is 5.75 Å². The zero-order valence-corrected chi connectivity index (χ0v) is 26.1. The molecular weight excluding hydrogens is 586 g/mol. The monoisotopic (exact) mass is 627 g/mol. The fraction of sp³-hybridized carbons (Fsp3) is 0.371. The number of para-hydroxylation sites is 1. The largest absolute Gasteiger partial charge is 0.491 e. The quantitative estimate of drug-likeness (QED) is 0.365. The molecule has 1 fully saturated rings. The number of hydrogen-bond acceptors (Lipinski definition) is 7. The van der Waals surface area contributed by atoms with Gasteiger partial charge in [-0.25, -0.2) is 0 Å². The van der Waals surface area contributed by atoms with Crippen molar-refractivity contribution in [3.8, 4) is 5.75 Å². The molecule has 11 heteroatoms. The highest BCUT2D eigenvalue weighted by Gasteiger charge is 2.30. The van der Waals surface area contributed by atoms with Crippen LogP contribution in [0.3, 0.4) is 0 Å². The number of hydrogen-bond donors (Lipinski definition) is 3. The van der Waals surface area contributed by atoms with Crippen LogP contribution in [0.4, 0.5) is 0 Å². The smallest absolute Gasteiger partial charge is 0.255 e. The fourth-order valence-electron chi connectivity index (χ4n) is 5.48. The van der Waals surface area contributed by atoms with Gasteiger partial charge in [0.2, 0.25) is 17.7 Å². The van der Waals surface area contributed by atoms with Crippen molar-refractivity contribution in [1.29, 1.82) is 0 Å². The van der Waals surface area contributed by atoms with Crippen LogP contribution in [0.15, 0.2) is 78.9 Å². The Hall–Kier alpha value is -4.74. The zero-order chi connectivity index (χ0) is 32.3. The van der Waals surface area contributed by atoms with Gasteiger partial charge in [-0.1, -0.05) is 66.7 Å². The lowest BCUT2D eigenvalue weighted by molar-refractivity contribution is -0.136. The number of nitrogens with zero attached hydrogens (tertiary/aromatic N) is 2. The Morgan fingerprint density at radius 1 is 0.826 bits per heavy atom. The number of nitrogens with one attached hydrogen (secondary N) is 3. The Labute approximate surface area is 269 Å². The van der Waals surface area contributed by atoms with Crippen LogP contribution in [-0.4, -0.2) is 92.0 Å². The molecule has 0 unspecified atom stereocenters. The molecule has 0 bridgehead atoms. The van der Waals surface area contributed by atoms with Gasteiger partial charge in [0.05, 0.1) is 31.7 Å². The number of rotatable bonds is 7. The highest BCUT2D eigenvalue weighted by Crippen LogP contribution is 2.19.